The average molecular weight is 280 g/mol. The number of nitrogens with one attached hydrogen (secondary N) is 1. The Morgan fingerprint density at radius 2 is 2.10 bits per heavy atom. The van der Waals surface area contributed by atoms with Crippen molar-refractivity contribution in [1.29, 1.82) is 0 Å². The molecule has 1 N–H and O–H groups in total. The molecule has 1 aromatic carbocycles. The molecule has 0 aromatic heterocycles. The first kappa shape index (κ1) is 14.9. The van der Waals surface area contributed by atoms with E-state index in [0.717, 1.165) is 0 Å². The monoisotopic (exact) mass is 280 g/mol. The van der Waals surface area contributed by atoms with Crippen LogP contribution in [0.15, 0.2) is 24.3 Å². The number of benzene rings is 1. The first-order chi connectivity index (χ1) is 9.68. The Bertz CT molecular complexity index is 447. The molecule has 1 unspecified atom stereocenters. The lowest BCUT2D eigenvalue weighted by atomic mass is 10.1. The van der Waals surface area contributed by atoms with Crippen LogP contribution in [-0.4, -0.2) is 49.7 Å². The summed E-state index contributed by atoms with van der Waals surface area (Å²) in [5.74, 6) is -0.108. The highest BCUT2D eigenvalue weighted by Crippen LogP contribution is 2.06. The molecule has 1 aliphatic rings. The zero-order valence-corrected chi connectivity index (χ0v) is 11.8. The van der Waals surface area contributed by atoms with E-state index in [1.54, 1.807) is 12.1 Å². The molecule has 20 heavy (non-hydrogen) atoms. The Hall–Kier alpha value is -1.46. The minimum Gasteiger partial charge on any atom is -0.378 e. The summed E-state index contributed by atoms with van der Waals surface area (Å²) in [4.78, 5) is 14.0. The summed E-state index contributed by atoms with van der Waals surface area (Å²) >= 11 is 0. The van der Waals surface area contributed by atoms with Gasteiger partial charge in [-0.25, -0.2) is 4.39 Å². The number of nitrogens with zero attached hydrogens (tertiary/aromatic N) is 1. The number of carbonyl (C=O) groups excluding carboxylic acids is 1. The zero-order chi connectivity index (χ0) is 14.4. The largest absolute Gasteiger partial charge is 0.378 e. The maximum atomic E-state index is 13.4. The Morgan fingerprint density at radius 1 is 1.40 bits per heavy atom. The normalized spacial score (nSPS) is 17.0. The van der Waals surface area contributed by atoms with Gasteiger partial charge in [-0.1, -0.05) is 18.2 Å². The van der Waals surface area contributed by atoms with Crippen LogP contribution in [0, 0.1) is 5.82 Å². The molecule has 1 amide bonds. The predicted molar refractivity (Wildman–Crippen MR) is 75.0 cm³/mol. The zero-order valence-electron chi connectivity index (χ0n) is 11.8. The van der Waals surface area contributed by atoms with E-state index in [1.807, 2.05) is 17.9 Å². The number of morpholine rings is 1. The second-order valence-electron chi connectivity index (χ2n) is 4.95. The van der Waals surface area contributed by atoms with Crippen molar-refractivity contribution in [2.75, 3.05) is 32.8 Å². The maximum absolute atomic E-state index is 13.4. The molecule has 5 heteroatoms. The van der Waals surface area contributed by atoms with Crippen LogP contribution in [0.3, 0.4) is 0 Å². The smallest absolute Gasteiger partial charge is 0.239 e. The van der Waals surface area contributed by atoms with E-state index in [9.17, 15) is 9.18 Å². The van der Waals surface area contributed by atoms with Gasteiger partial charge >= 0.3 is 0 Å². The minimum absolute atomic E-state index is 0.0850. The number of ether oxygens (including phenoxy) is 1. The van der Waals surface area contributed by atoms with Gasteiger partial charge in [0, 0.05) is 19.6 Å². The van der Waals surface area contributed by atoms with Crippen molar-refractivity contribution in [2.24, 2.45) is 0 Å². The molecule has 0 saturated carbocycles. The minimum atomic E-state index is -0.250. The molecule has 1 atom stereocenters. The highest BCUT2D eigenvalue weighted by atomic mass is 19.1. The third-order valence-corrected chi connectivity index (χ3v) is 3.50. The van der Waals surface area contributed by atoms with Crippen LogP contribution in [0.2, 0.25) is 0 Å². The summed E-state index contributed by atoms with van der Waals surface area (Å²) in [6.07, 6.45) is 0.577. The molecule has 0 aliphatic carbocycles. The first-order valence-electron chi connectivity index (χ1n) is 7.02. The summed E-state index contributed by atoms with van der Waals surface area (Å²) in [7, 11) is 0. The van der Waals surface area contributed by atoms with Crippen molar-refractivity contribution in [2.45, 2.75) is 19.4 Å². The van der Waals surface area contributed by atoms with Gasteiger partial charge in [-0.05, 0) is 25.0 Å². The molecule has 1 fully saturated rings. The van der Waals surface area contributed by atoms with Crippen LogP contribution in [0.4, 0.5) is 4.39 Å². The molecule has 0 spiro atoms. The number of halogens is 1. The highest BCUT2D eigenvalue weighted by Gasteiger charge is 2.21. The summed E-state index contributed by atoms with van der Waals surface area (Å²) in [6, 6.07) is 6.47. The van der Waals surface area contributed by atoms with Gasteiger partial charge in [0.15, 0.2) is 0 Å². The van der Waals surface area contributed by atoms with Gasteiger partial charge < -0.3 is 15.0 Å². The number of rotatable bonds is 5. The maximum Gasteiger partial charge on any atom is 0.239 e. The van der Waals surface area contributed by atoms with Crippen LogP contribution in [0.25, 0.3) is 0 Å². The molecule has 110 valence electrons. The Kier molecular flexibility index (Phi) is 5.49. The Morgan fingerprint density at radius 3 is 2.80 bits per heavy atom. The van der Waals surface area contributed by atoms with E-state index >= 15 is 0 Å². The van der Waals surface area contributed by atoms with Gasteiger partial charge in [0.25, 0.3) is 0 Å². The van der Waals surface area contributed by atoms with E-state index in [4.69, 9.17) is 4.74 Å². The van der Waals surface area contributed by atoms with Gasteiger partial charge in [-0.3, -0.25) is 4.79 Å². The lowest BCUT2D eigenvalue weighted by Crippen LogP contribution is -2.49. The van der Waals surface area contributed by atoms with Gasteiger partial charge in [0.05, 0.1) is 19.3 Å². The van der Waals surface area contributed by atoms with Crippen molar-refractivity contribution in [3.8, 4) is 0 Å². The quantitative estimate of drug-likeness (QED) is 0.881. The third kappa shape index (κ3) is 4.02. The number of carbonyl (C=O) groups is 1. The molecule has 1 aliphatic heterocycles. The summed E-state index contributed by atoms with van der Waals surface area (Å²) in [5, 5.41) is 3.16. The fourth-order valence-corrected chi connectivity index (χ4v) is 2.27. The van der Waals surface area contributed by atoms with Gasteiger partial charge in [-0.2, -0.15) is 0 Å². The Balaban J connectivity index is 1.75. The van der Waals surface area contributed by atoms with E-state index < -0.39 is 0 Å². The van der Waals surface area contributed by atoms with Gasteiger partial charge in [0.2, 0.25) is 5.91 Å². The Labute approximate surface area is 118 Å². The van der Waals surface area contributed by atoms with Crippen molar-refractivity contribution < 1.29 is 13.9 Å². The molecule has 0 bridgehead atoms. The van der Waals surface area contributed by atoms with Gasteiger partial charge in [0.1, 0.15) is 5.82 Å². The number of hydrogen-bond acceptors (Lipinski definition) is 3. The van der Waals surface area contributed by atoms with Crippen molar-refractivity contribution in [3.63, 3.8) is 0 Å². The van der Waals surface area contributed by atoms with Crippen LogP contribution < -0.4 is 5.32 Å². The molecule has 1 saturated heterocycles. The fourth-order valence-electron chi connectivity index (χ4n) is 2.27. The number of amides is 1. The molecular formula is C15H21FN2O2. The van der Waals surface area contributed by atoms with Crippen molar-refractivity contribution >= 4 is 5.91 Å². The summed E-state index contributed by atoms with van der Waals surface area (Å²) in [6.45, 7) is 4.94. The fraction of sp³-hybridized carbons (Fsp3) is 0.533. The van der Waals surface area contributed by atoms with E-state index in [0.29, 0.717) is 44.8 Å². The van der Waals surface area contributed by atoms with Crippen LogP contribution in [-0.2, 0) is 16.0 Å². The van der Waals surface area contributed by atoms with Crippen molar-refractivity contribution in [1.82, 2.24) is 10.2 Å². The second kappa shape index (κ2) is 7.36. The SMILES string of the molecule is CC(NCCc1ccccc1F)C(=O)N1CCOCC1. The molecule has 1 aromatic rings. The van der Waals surface area contributed by atoms with E-state index in [-0.39, 0.29) is 17.8 Å². The average Bonchev–Trinajstić information content (AvgIpc) is 2.49. The molecule has 4 nitrogen and oxygen atoms in total. The molecule has 2 rings (SSSR count). The lowest BCUT2D eigenvalue weighted by Gasteiger charge is -2.29. The van der Waals surface area contributed by atoms with Crippen LogP contribution in [0.1, 0.15) is 12.5 Å². The van der Waals surface area contributed by atoms with Crippen LogP contribution in [0.5, 0.6) is 0 Å². The second-order valence-corrected chi connectivity index (χ2v) is 4.95. The first-order valence-corrected chi connectivity index (χ1v) is 7.02. The summed E-state index contributed by atoms with van der Waals surface area (Å²) < 4.78 is 18.7. The molecule has 0 radical (unpaired) electrons. The van der Waals surface area contributed by atoms with Gasteiger partial charge in [-0.15, -0.1) is 0 Å². The van der Waals surface area contributed by atoms with Crippen LogP contribution >= 0.6 is 0 Å². The predicted octanol–water partition coefficient (Wildman–Crippen LogP) is 1.21. The van der Waals surface area contributed by atoms with E-state index in [2.05, 4.69) is 5.32 Å². The topological polar surface area (TPSA) is 41.6 Å². The molecule has 1 heterocycles. The van der Waals surface area contributed by atoms with E-state index in [1.165, 1.54) is 6.07 Å². The third-order valence-electron chi connectivity index (χ3n) is 3.50. The molecular weight excluding hydrogens is 259 g/mol. The number of hydrogen-bond donors (Lipinski definition) is 1. The highest BCUT2D eigenvalue weighted by molar-refractivity contribution is 5.81. The van der Waals surface area contributed by atoms with Crippen molar-refractivity contribution in [3.05, 3.63) is 35.6 Å². The summed E-state index contributed by atoms with van der Waals surface area (Å²) in [5.41, 5.74) is 0.672. The standard InChI is InChI=1S/C15H21FN2O2/c1-12(15(19)18-8-10-20-11-9-18)17-7-6-13-4-2-3-5-14(13)16/h2-5,12,17H,6-11H2,1H3. The lowest BCUT2D eigenvalue weighted by molar-refractivity contribution is -0.137.